The number of amides is 1. The van der Waals surface area contributed by atoms with Crippen molar-refractivity contribution in [3.8, 4) is 0 Å². The number of carbonyl (C=O) groups is 1. The summed E-state index contributed by atoms with van der Waals surface area (Å²) in [5.41, 5.74) is 3.62. The maximum atomic E-state index is 12.6. The third-order valence-corrected chi connectivity index (χ3v) is 4.09. The van der Waals surface area contributed by atoms with Gasteiger partial charge in [-0.1, -0.05) is 56.6 Å². The lowest BCUT2D eigenvalue weighted by molar-refractivity contribution is 0.0923. The molecule has 0 saturated carbocycles. The zero-order valence-corrected chi connectivity index (χ0v) is 14.6. The first-order valence-electron chi connectivity index (χ1n) is 8.26. The number of rotatable bonds is 6. The summed E-state index contributed by atoms with van der Waals surface area (Å²) in [6.45, 7) is 9.94. The normalized spacial score (nSPS) is 12.4. The van der Waals surface area contributed by atoms with Gasteiger partial charge in [0, 0.05) is 0 Å². The fourth-order valence-electron chi connectivity index (χ4n) is 2.84. The molecule has 1 N–H and O–H groups in total. The van der Waals surface area contributed by atoms with Crippen LogP contribution in [0.5, 0.6) is 0 Å². The van der Waals surface area contributed by atoms with Crippen LogP contribution < -0.4 is 5.32 Å². The molecule has 1 heterocycles. The smallest absolute Gasteiger partial charge is 0.257 e. The standard InChI is InChI=1S/C19H26N2O2/c1-6-7-15-8-10-16(11-9-15)18(12(2)3)20-19(22)17-13(4)21-23-14(17)5/h8-12,18H,6-7H2,1-5H3,(H,20,22). The zero-order valence-electron chi connectivity index (χ0n) is 14.6. The average Bonchev–Trinajstić information content (AvgIpc) is 2.85. The zero-order chi connectivity index (χ0) is 17.0. The lowest BCUT2D eigenvalue weighted by Crippen LogP contribution is -2.32. The predicted octanol–water partition coefficient (Wildman–Crippen LogP) is 4.37. The van der Waals surface area contributed by atoms with Gasteiger partial charge in [0.25, 0.3) is 5.91 Å². The minimum atomic E-state index is -0.127. The van der Waals surface area contributed by atoms with Crippen LogP contribution in [-0.4, -0.2) is 11.1 Å². The molecule has 124 valence electrons. The summed E-state index contributed by atoms with van der Waals surface area (Å²) in [4.78, 5) is 12.6. The van der Waals surface area contributed by atoms with Crippen LogP contribution in [0.15, 0.2) is 28.8 Å². The highest BCUT2D eigenvalue weighted by Crippen LogP contribution is 2.24. The molecule has 1 amide bonds. The Morgan fingerprint density at radius 1 is 1.22 bits per heavy atom. The molecule has 2 aromatic rings. The number of benzene rings is 1. The van der Waals surface area contributed by atoms with E-state index in [1.165, 1.54) is 5.56 Å². The largest absolute Gasteiger partial charge is 0.361 e. The van der Waals surface area contributed by atoms with Crippen molar-refractivity contribution in [2.24, 2.45) is 5.92 Å². The number of hydrogen-bond acceptors (Lipinski definition) is 3. The maximum absolute atomic E-state index is 12.6. The number of aromatic nitrogens is 1. The van der Waals surface area contributed by atoms with Crippen LogP contribution in [0.25, 0.3) is 0 Å². The van der Waals surface area contributed by atoms with Gasteiger partial charge in [-0.3, -0.25) is 4.79 Å². The maximum Gasteiger partial charge on any atom is 0.257 e. The molecule has 1 aromatic heterocycles. The first kappa shape index (κ1) is 17.3. The number of carbonyl (C=O) groups excluding carboxylic acids is 1. The van der Waals surface area contributed by atoms with Gasteiger partial charge in [-0.2, -0.15) is 0 Å². The fourth-order valence-corrected chi connectivity index (χ4v) is 2.84. The molecule has 0 aliphatic heterocycles. The van der Waals surface area contributed by atoms with Gasteiger partial charge < -0.3 is 9.84 Å². The average molecular weight is 314 g/mol. The highest BCUT2D eigenvalue weighted by atomic mass is 16.5. The summed E-state index contributed by atoms with van der Waals surface area (Å²) in [6.07, 6.45) is 2.22. The Balaban J connectivity index is 2.20. The summed E-state index contributed by atoms with van der Waals surface area (Å²) >= 11 is 0. The minimum absolute atomic E-state index is 0.0353. The Hall–Kier alpha value is -2.10. The van der Waals surface area contributed by atoms with E-state index in [4.69, 9.17) is 4.52 Å². The second-order valence-corrected chi connectivity index (χ2v) is 6.39. The van der Waals surface area contributed by atoms with Crippen LogP contribution in [0, 0.1) is 19.8 Å². The molecule has 1 atom stereocenters. The van der Waals surface area contributed by atoms with Gasteiger partial charge in [0.05, 0.1) is 11.7 Å². The Morgan fingerprint density at radius 2 is 1.87 bits per heavy atom. The van der Waals surface area contributed by atoms with Gasteiger partial charge in [0.2, 0.25) is 0 Å². The molecule has 0 aliphatic rings. The molecule has 0 saturated heterocycles. The Morgan fingerprint density at radius 3 is 2.35 bits per heavy atom. The number of nitrogens with one attached hydrogen (secondary N) is 1. The predicted molar refractivity (Wildman–Crippen MR) is 91.5 cm³/mol. The van der Waals surface area contributed by atoms with E-state index in [0.717, 1.165) is 18.4 Å². The van der Waals surface area contributed by atoms with E-state index in [1.807, 2.05) is 0 Å². The van der Waals surface area contributed by atoms with E-state index < -0.39 is 0 Å². The monoisotopic (exact) mass is 314 g/mol. The molecule has 4 nitrogen and oxygen atoms in total. The molecule has 1 aromatic carbocycles. The Kier molecular flexibility index (Phi) is 5.59. The third kappa shape index (κ3) is 4.01. The molecule has 23 heavy (non-hydrogen) atoms. The molecule has 0 aliphatic carbocycles. The van der Waals surface area contributed by atoms with Gasteiger partial charge in [0.15, 0.2) is 0 Å². The second kappa shape index (κ2) is 7.44. The van der Waals surface area contributed by atoms with Crippen molar-refractivity contribution in [3.05, 3.63) is 52.4 Å². The van der Waals surface area contributed by atoms with Crippen LogP contribution in [0.4, 0.5) is 0 Å². The van der Waals surface area contributed by atoms with E-state index in [-0.39, 0.29) is 17.9 Å². The highest BCUT2D eigenvalue weighted by Gasteiger charge is 2.23. The quantitative estimate of drug-likeness (QED) is 0.861. The Labute approximate surface area is 138 Å². The third-order valence-electron chi connectivity index (χ3n) is 4.09. The van der Waals surface area contributed by atoms with Crippen molar-refractivity contribution < 1.29 is 9.32 Å². The summed E-state index contributed by atoms with van der Waals surface area (Å²) in [5.74, 6) is 0.717. The summed E-state index contributed by atoms with van der Waals surface area (Å²) in [7, 11) is 0. The molecule has 1 unspecified atom stereocenters. The van der Waals surface area contributed by atoms with Crippen molar-refractivity contribution in [2.45, 2.75) is 53.5 Å². The van der Waals surface area contributed by atoms with Crippen molar-refractivity contribution in [2.75, 3.05) is 0 Å². The molecular formula is C19H26N2O2. The van der Waals surface area contributed by atoms with Gasteiger partial charge in [-0.15, -0.1) is 0 Å². The van der Waals surface area contributed by atoms with Crippen LogP contribution in [0.3, 0.4) is 0 Å². The van der Waals surface area contributed by atoms with E-state index in [1.54, 1.807) is 13.8 Å². The van der Waals surface area contributed by atoms with E-state index in [9.17, 15) is 4.79 Å². The van der Waals surface area contributed by atoms with E-state index in [0.29, 0.717) is 17.0 Å². The number of aryl methyl sites for hydroxylation is 3. The van der Waals surface area contributed by atoms with E-state index in [2.05, 4.69) is 55.5 Å². The SMILES string of the molecule is CCCc1ccc(C(NC(=O)c2c(C)noc2C)C(C)C)cc1. The molecular weight excluding hydrogens is 288 g/mol. The lowest BCUT2D eigenvalue weighted by Gasteiger charge is -2.23. The lowest BCUT2D eigenvalue weighted by atomic mass is 9.94. The van der Waals surface area contributed by atoms with Crippen LogP contribution in [0.2, 0.25) is 0 Å². The molecule has 0 bridgehead atoms. The van der Waals surface area contributed by atoms with Crippen molar-refractivity contribution in [1.82, 2.24) is 10.5 Å². The molecule has 4 heteroatoms. The van der Waals surface area contributed by atoms with Crippen LogP contribution >= 0.6 is 0 Å². The number of nitrogens with zero attached hydrogens (tertiary/aromatic N) is 1. The molecule has 0 fully saturated rings. The van der Waals surface area contributed by atoms with Crippen molar-refractivity contribution in [1.29, 1.82) is 0 Å². The van der Waals surface area contributed by atoms with Gasteiger partial charge in [-0.05, 0) is 37.3 Å². The second-order valence-electron chi connectivity index (χ2n) is 6.39. The van der Waals surface area contributed by atoms with Gasteiger partial charge in [0.1, 0.15) is 11.3 Å². The number of hydrogen-bond donors (Lipinski definition) is 1. The Bertz CT molecular complexity index is 637. The first-order chi connectivity index (χ1) is 10.9. The summed E-state index contributed by atoms with van der Waals surface area (Å²) < 4.78 is 5.10. The van der Waals surface area contributed by atoms with Gasteiger partial charge >= 0.3 is 0 Å². The molecule has 0 radical (unpaired) electrons. The van der Waals surface area contributed by atoms with Crippen molar-refractivity contribution >= 4 is 5.91 Å². The fraction of sp³-hybridized carbons (Fsp3) is 0.474. The first-order valence-corrected chi connectivity index (χ1v) is 8.26. The van der Waals surface area contributed by atoms with Gasteiger partial charge in [-0.25, -0.2) is 0 Å². The van der Waals surface area contributed by atoms with E-state index >= 15 is 0 Å². The minimum Gasteiger partial charge on any atom is -0.361 e. The van der Waals surface area contributed by atoms with Crippen LogP contribution in [0.1, 0.15) is 66.2 Å². The molecule has 2 rings (SSSR count). The molecule has 0 spiro atoms. The highest BCUT2D eigenvalue weighted by molar-refractivity contribution is 5.96. The van der Waals surface area contributed by atoms with Crippen molar-refractivity contribution in [3.63, 3.8) is 0 Å². The van der Waals surface area contributed by atoms with Crippen LogP contribution in [-0.2, 0) is 6.42 Å². The summed E-state index contributed by atoms with van der Waals surface area (Å²) in [5, 5.41) is 6.99. The summed E-state index contributed by atoms with van der Waals surface area (Å²) in [6, 6.07) is 8.49. The topological polar surface area (TPSA) is 55.1 Å².